The van der Waals surface area contributed by atoms with E-state index in [9.17, 15) is 4.79 Å². The molecule has 26 heavy (non-hydrogen) atoms. The minimum Gasteiger partial charge on any atom is -0.322 e. The van der Waals surface area contributed by atoms with Crippen LogP contribution in [-0.4, -0.2) is 30.5 Å². The van der Waals surface area contributed by atoms with E-state index in [0.717, 1.165) is 26.8 Å². The summed E-state index contributed by atoms with van der Waals surface area (Å²) in [6, 6.07) is 16.1. The van der Waals surface area contributed by atoms with Crippen LogP contribution in [0, 0.1) is 0 Å². The van der Waals surface area contributed by atoms with Crippen LogP contribution in [0.4, 0.5) is 5.69 Å². The summed E-state index contributed by atoms with van der Waals surface area (Å²) >= 11 is 3.44. The summed E-state index contributed by atoms with van der Waals surface area (Å²) in [5.74, 6) is -0.111. The van der Waals surface area contributed by atoms with E-state index < -0.39 is 0 Å². The summed E-state index contributed by atoms with van der Waals surface area (Å²) in [5.41, 5.74) is 3.13. The Labute approximate surface area is 164 Å². The number of nitrogens with one attached hydrogen (secondary N) is 1. The molecule has 0 unspecified atom stereocenters. The number of rotatable bonds is 5. The number of carbonyl (C=O) groups is 1. The number of halogens is 1. The first-order valence-electron chi connectivity index (χ1n) is 9.20. The highest BCUT2D eigenvalue weighted by Crippen LogP contribution is 2.22. The maximum atomic E-state index is 12.2. The SMILES string of the molecule is C[N+]1(Cc2cccc(NC(=O)C=Cc3cccc(Br)c3)c2)CCCCC1. The fourth-order valence-corrected chi connectivity index (χ4v) is 4.00. The molecule has 136 valence electrons. The van der Waals surface area contributed by atoms with Gasteiger partial charge in [-0.25, -0.2) is 0 Å². The van der Waals surface area contributed by atoms with Crippen molar-refractivity contribution in [2.75, 3.05) is 25.5 Å². The fourth-order valence-electron chi connectivity index (χ4n) is 3.59. The van der Waals surface area contributed by atoms with Crippen molar-refractivity contribution < 1.29 is 9.28 Å². The molecule has 1 amide bonds. The molecule has 0 bridgehead atoms. The first kappa shape index (κ1) is 18.9. The molecule has 1 fully saturated rings. The number of amides is 1. The second-order valence-electron chi connectivity index (χ2n) is 7.36. The largest absolute Gasteiger partial charge is 0.322 e. The molecule has 0 atom stereocenters. The maximum absolute atomic E-state index is 12.2. The van der Waals surface area contributed by atoms with Gasteiger partial charge in [0.05, 0.1) is 20.1 Å². The van der Waals surface area contributed by atoms with E-state index in [4.69, 9.17) is 0 Å². The van der Waals surface area contributed by atoms with E-state index in [-0.39, 0.29) is 5.91 Å². The number of nitrogens with zero attached hydrogens (tertiary/aromatic N) is 1. The highest BCUT2D eigenvalue weighted by atomic mass is 79.9. The van der Waals surface area contributed by atoms with Gasteiger partial charge in [0.1, 0.15) is 6.54 Å². The summed E-state index contributed by atoms with van der Waals surface area (Å²) in [7, 11) is 2.34. The number of quaternary nitrogens is 1. The zero-order chi connectivity index (χ0) is 18.4. The van der Waals surface area contributed by atoms with E-state index in [2.05, 4.69) is 40.4 Å². The van der Waals surface area contributed by atoms with Crippen molar-refractivity contribution in [3.8, 4) is 0 Å². The number of benzene rings is 2. The van der Waals surface area contributed by atoms with Gasteiger partial charge in [-0.3, -0.25) is 4.79 Å². The van der Waals surface area contributed by atoms with Crippen molar-refractivity contribution in [1.29, 1.82) is 0 Å². The highest BCUT2D eigenvalue weighted by molar-refractivity contribution is 9.10. The highest BCUT2D eigenvalue weighted by Gasteiger charge is 2.24. The number of carbonyl (C=O) groups excluding carboxylic acids is 1. The summed E-state index contributed by atoms with van der Waals surface area (Å²) in [5, 5.41) is 2.97. The minimum absolute atomic E-state index is 0.111. The number of hydrogen-bond acceptors (Lipinski definition) is 1. The lowest BCUT2D eigenvalue weighted by Gasteiger charge is -2.38. The van der Waals surface area contributed by atoms with Gasteiger partial charge in [-0.1, -0.05) is 40.2 Å². The Morgan fingerprint density at radius 2 is 1.88 bits per heavy atom. The molecular weight excluding hydrogens is 388 g/mol. The lowest BCUT2D eigenvalue weighted by molar-refractivity contribution is -0.926. The second-order valence-corrected chi connectivity index (χ2v) is 8.28. The minimum atomic E-state index is -0.111. The molecule has 0 radical (unpaired) electrons. The third-order valence-electron chi connectivity index (χ3n) is 4.93. The van der Waals surface area contributed by atoms with Crippen molar-refractivity contribution >= 4 is 33.6 Å². The van der Waals surface area contributed by atoms with Gasteiger partial charge in [0.15, 0.2) is 0 Å². The van der Waals surface area contributed by atoms with Gasteiger partial charge in [-0.2, -0.15) is 0 Å². The molecule has 1 N–H and O–H groups in total. The van der Waals surface area contributed by atoms with Crippen LogP contribution in [0.2, 0.25) is 0 Å². The Kier molecular flexibility index (Phi) is 6.28. The van der Waals surface area contributed by atoms with Crippen LogP contribution < -0.4 is 5.32 Å². The van der Waals surface area contributed by atoms with Gasteiger partial charge in [0.2, 0.25) is 5.91 Å². The quantitative estimate of drug-likeness (QED) is 0.527. The summed E-state index contributed by atoms with van der Waals surface area (Å²) in [4.78, 5) is 12.2. The van der Waals surface area contributed by atoms with E-state index in [0.29, 0.717) is 0 Å². The van der Waals surface area contributed by atoms with Crippen LogP contribution in [0.25, 0.3) is 6.08 Å². The van der Waals surface area contributed by atoms with Gasteiger partial charge in [-0.15, -0.1) is 0 Å². The lowest BCUT2D eigenvalue weighted by atomic mass is 10.1. The number of likely N-dealkylation sites (tertiary alicyclic amines) is 1. The molecule has 1 saturated heterocycles. The number of piperidine rings is 1. The fraction of sp³-hybridized carbons (Fsp3) is 0.318. The molecule has 0 aliphatic carbocycles. The molecule has 3 nitrogen and oxygen atoms in total. The van der Waals surface area contributed by atoms with E-state index >= 15 is 0 Å². The molecule has 4 heteroatoms. The predicted molar refractivity (Wildman–Crippen MR) is 112 cm³/mol. The maximum Gasteiger partial charge on any atom is 0.248 e. The molecule has 0 aromatic heterocycles. The van der Waals surface area contributed by atoms with Gasteiger partial charge < -0.3 is 9.80 Å². The zero-order valence-corrected chi connectivity index (χ0v) is 16.8. The third kappa shape index (κ3) is 5.55. The monoisotopic (exact) mass is 413 g/mol. The van der Waals surface area contributed by atoms with Crippen LogP contribution in [-0.2, 0) is 11.3 Å². The van der Waals surface area contributed by atoms with Crippen LogP contribution in [0.5, 0.6) is 0 Å². The molecule has 0 saturated carbocycles. The average Bonchev–Trinajstić information content (AvgIpc) is 2.61. The summed E-state index contributed by atoms with van der Waals surface area (Å²) in [6.45, 7) is 3.51. The first-order valence-corrected chi connectivity index (χ1v) is 9.99. The van der Waals surface area contributed by atoms with Crippen molar-refractivity contribution in [3.05, 3.63) is 70.2 Å². The van der Waals surface area contributed by atoms with Crippen molar-refractivity contribution in [3.63, 3.8) is 0 Å². The Hall–Kier alpha value is -1.91. The van der Waals surface area contributed by atoms with Crippen molar-refractivity contribution in [1.82, 2.24) is 0 Å². The average molecular weight is 414 g/mol. The Balaban J connectivity index is 1.62. The van der Waals surface area contributed by atoms with Crippen LogP contribution in [0.3, 0.4) is 0 Å². The van der Waals surface area contributed by atoms with Gasteiger partial charge in [0.25, 0.3) is 0 Å². The smallest absolute Gasteiger partial charge is 0.248 e. The standard InChI is InChI=1S/C22H25BrN2O/c1-25(13-3-2-4-14-25)17-19-8-6-10-21(16-19)24-22(26)12-11-18-7-5-9-20(23)15-18/h5-12,15-16H,2-4,13-14,17H2,1H3/p+1. The molecule has 2 aromatic rings. The molecule has 1 aliphatic rings. The van der Waals surface area contributed by atoms with Crippen LogP contribution in [0.1, 0.15) is 30.4 Å². The van der Waals surface area contributed by atoms with E-state index in [1.54, 1.807) is 6.08 Å². The topological polar surface area (TPSA) is 29.1 Å². The first-order chi connectivity index (χ1) is 12.5. The predicted octanol–water partition coefficient (Wildman–Crippen LogP) is 5.23. The third-order valence-corrected chi connectivity index (χ3v) is 5.42. The number of hydrogen-bond donors (Lipinski definition) is 1. The lowest BCUT2D eigenvalue weighted by Crippen LogP contribution is -2.46. The molecule has 1 heterocycles. The van der Waals surface area contributed by atoms with Crippen LogP contribution in [0.15, 0.2) is 59.1 Å². The Bertz CT molecular complexity index is 794. The normalized spacial score (nSPS) is 16.5. The molecule has 3 rings (SSSR count). The van der Waals surface area contributed by atoms with Gasteiger partial charge >= 0.3 is 0 Å². The molecule has 1 aliphatic heterocycles. The number of anilines is 1. The Morgan fingerprint density at radius 1 is 1.12 bits per heavy atom. The molecule has 2 aromatic carbocycles. The zero-order valence-electron chi connectivity index (χ0n) is 15.2. The van der Waals surface area contributed by atoms with Crippen LogP contribution >= 0.6 is 15.9 Å². The van der Waals surface area contributed by atoms with Crippen molar-refractivity contribution in [2.24, 2.45) is 0 Å². The molecule has 0 spiro atoms. The molecular formula is C22H26BrN2O+. The van der Waals surface area contributed by atoms with Crippen molar-refractivity contribution in [2.45, 2.75) is 25.8 Å². The second kappa shape index (κ2) is 8.65. The summed E-state index contributed by atoms with van der Waals surface area (Å²) < 4.78 is 2.10. The van der Waals surface area contributed by atoms with E-state index in [1.165, 1.54) is 37.9 Å². The van der Waals surface area contributed by atoms with Gasteiger partial charge in [0, 0.05) is 21.8 Å². The van der Waals surface area contributed by atoms with Gasteiger partial charge in [-0.05, 0) is 55.2 Å². The summed E-state index contributed by atoms with van der Waals surface area (Å²) in [6.07, 6.45) is 7.38. The Morgan fingerprint density at radius 3 is 2.65 bits per heavy atom. The van der Waals surface area contributed by atoms with E-state index in [1.807, 2.05) is 42.5 Å².